The summed E-state index contributed by atoms with van der Waals surface area (Å²) in [6.45, 7) is -0.0529. The maximum absolute atomic E-state index is 10.1. The number of hydrogen-bond donors (Lipinski definition) is 0. The Morgan fingerprint density at radius 3 is 2.56 bits per heavy atom. The Kier molecular flexibility index (Phi) is 4.03. The van der Waals surface area contributed by atoms with Crippen molar-refractivity contribution in [2.24, 2.45) is 0 Å². The Labute approximate surface area is 50.5 Å². The third kappa shape index (κ3) is 4.46. The molecule has 0 aliphatic rings. The molecule has 0 atom stereocenters. The summed E-state index contributed by atoms with van der Waals surface area (Å²) in [5.74, 6) is -0.892. The normalized spacial score (nSPS) is 7.56. The molecule has 0 saturated carbocycles. The number of hydrogen-bond acceptors (Lipinski definition) is 5. The van der Waals surface area contributed by atoms with Crippen molar-refractivity contribution in [1.82, 2.24) is 0 Å². The van der Waals surface area contributed by atoms with Gasteiger partial charge in [0.05, 0.1) is 0 Å². The van der Waals surface area contributed by atoms with E-state index in [-0.39, 0.29) is 6.47 Å². The van der Waals surface area contributed by atoms with Crippen molar-refractivity contribution in [3.63, 3.8) is 0 Å². The van der Waals surface area contributed by atoms with Gasteiger partial charge in [-0.15, -0.1) is 0 Å². The Balaban J connectivity index is 3.26. The van der Waals surface area contributed by atoms with Gasteiger partial charge >= 0.3 is 12.4 Å². The molecular weight excluding hydrogens is 128 g/mol. The van der Waals surface area contributed by atoms with Crippen molar-refractivity contribution >= 4 is 18.7 Å². The number of rotatable bonds is 4. The van der Waals surface area contributed by atoms with E-state index in [9.17, 15) is 14.4 Å². The summed E-state index contributed by atoms with van der Waals surface area (Å²) in [4.78, 5) is 36.2. The second-order valence-electron chi connectivity index (χ2n) is 1.02. The first-order valence-electron chi connectivity index (χ1n) is 2.04. The van der Waals surface area contributed by atoms with Crippen LogP contribution in [0, 0.1) is 0 Å². The van der Waals surface area contributed by atoms with Gasteiger partial charge in [-0.2, -0.15) is 0 Å². The second kappa shape index (κ2) is 4.76. The summed E-state index contributed by atoms with van der Waals surface area (Å²) in [5, 5.41) is 0. The van der Waals surface area contributed by atoms with Crippen LogP contribution < -0.4 is 0 Å². The third-order valence-electron chi connectivity index (χ3n) is 0.430. The van der Waals surface area contributed by atoms with Gasteiger partial charge in [-0.3, -0.25) is 9.68 Å². The highest BCUT2D eigenvalue weighted by atomic mass is 17.2. The smallest absolute Gasteiger partial charge is 0.303 e. The van der Waals surface area contributed by atoms with Crippen LogP contribution >= 0.6 is 0 Å². The highest BCUT2D eigenvalue weighted by Crippen LogP contribution is 1.80. The van der Waals surface area contributed by atoms with Crippen molar-refractivity contribution in [2.45, 2.75) is 6.42 Å². The van der Waals surface area contributed by atoms with Crippen LogP contribution in [0.5, 0.6) is 0 Å². The van der Waals surface area contributed by atoms with E-state index in [1.165, 1.54) is 0 Å². The van der Waals surface area contributed by atoms with Crippen molar-refractivity contribution in [3.8, 4) is 0 Å². The number of carbonyl (C=O) groups excluding carboxylic acids is 3. The highest BCUT2D eigenvalue weighted by molar-refractivity contribution is 5.83. The van der Waals surface area contributed by atoms with Crippen molar-refractivity contribution in [2.75, 3.05) is 0 Å². The van der Waals surface area contributed by atoms with Crippen LogP contribution in [-0.2, 0) is 24.2 Å². The number of carbonyl (C=O) groups is 3. The van der Waals surface area contributed by atoms with Gasteiger partial charge in [-0.1, -0.05) is 0 Å². The molecule has 0 aromatic heterocycles. The fraction of sp³-hybridized carbons (Fsp3) is 0.250. The first-order valence-corrected chi connectivity index (χ1v) is 2.04. The van der Waals surface area contributed by atoms with Crippen LogP contribution in [0.25, 0.3) is 0 Å². The SMILES string of the molecule is O=CCC(=O)OOC=O. The zero-order valence-corrected chi connectivity index (χ0v) is 4.40. The van der Waals surface area contributed by atoms with Crippen LogP contribution in [-0.4, -0.2) is 18.7 Å². The van der Waals surface area contributed by atoms with E-state index in [1.54, 1.807) is 0 Å². The summed E-state index contributed by atoms with van der Waals surface area (Å²) in [7, 11) is 0. The topological polar surface area (TPSA) is 69.7 Å². The van der Waals surface area contributed by atoms with E-state index >= 15 is 0 Å². The van der Waals surface area contributed by atoms with Crippen molar-refractivity contribution in [3.05, 3.63) is 0 Å². The molecule has 0 saturated heterocycles. The Hall–Kier alpha value is -1.39. The maximum Gasteiger partial charge on any atom is 0.362 e. The third-order valence-corrected chi connectivity index (χ3v) is 0.430. The monoisotopic (exact) mass is 132 g/mol. The number of aldehydes is 1. The van der Waals surface area contributed by atoms with E-state index in [0.717, 1.165) is 0 Å². The molecule has 9 heavy (non-hydrogen) atoms. The Bertz CT molecular complexity index is 118. The average Bonchev–Trinajstić information content (AvgIpc) is 1.85. The standard InChI is InChI=1S/C4H4O5/c5-2-1-4(7)9-8-3-6/h2-3H,1H2. The van der Waals surface area contributed by atoms with Crippen LogP contribution in [0.15, 0.2) is 0 Å². The van der Waals surface area contributed by atoms with Crippen LogP contribution in [0.1, 0.15) is 6.42 Å². The van der Waals surface area contributed by atoms with Crippen LogP contribution in [0.3, 0.4) is 0 Å². The van der Waals surface area contributed by atoms with Gasteiger partial charge in [0.15, 0.2) is 0 Å². The molecule has 50 valence electrons. The molecule has 0 aromatic rings. The second-order valence-corrected chi connectivity index (χ2v) is 1.02. The fourth-order valence-corrected chi connectivity index (χ4v) is 0.175. The maximum atomic E-state index is 10.1. The lowest BCUT2D eigenvalue weighted by molar-refractivity contribution is -0.247. The van der Waals surface area contributed by atoms with Crippen molar-refractivity contribution in [1.29, 1.82) is 0 Å². The van der Waals surface area contributed by atoms with E-state index in [4.69, 9.17) is 0 Å². The zero-order valence-electron chi connectivity index (χ0n) is 4.40. The molecule has 0 amide bonds. The quantitative estimate of drug-likeness (QED) is 0.217. The Morgan fingerprint density at radius 1 is 1.44 bits per heavy atom. The summed E-state index contributed by atoms with van der Waals surface area (Å²) >= 11 is 0. The molecule has 0 heterocycles. The molecule has 5 nitrogen and oxygen atoms in total. The van der Waals surface area contributed by atoms with Gasteiger partial charge < -0.3 is 4.79 Å². The van der Waals surface area contributed by atoms with E-state index in [2.05, 4.69) is 9.78 Å². The van der Waals surface area contributed by atoms with E-state index in [1.807, 2.05) is 0 Å². The molecular formula is C4H4O5. The minimum Gasteiger partial charge on any atom is -0.303 e. The first-order chi connectivity index (χ1) is 4.31. The van der Waals surface area contributed by atoms with Gasteiger partial charge in [0.25, 0.3) is 0 Å². The molecule has 0 radical (unpaired) electrons. The van der Waals surface area contributed by atoms with Gasteiger partial charge in [-0.25, -0.2) is 9.68 Å². The minimum absolute atomic E-state index is 0.0529. The molecule has 0 fully saturated rings. The largest absolute Gasteiger partial charge is 0.362 e. The predicted molar refractivity (Wildman–Crippen MR) is 23.9 cm³/mol. The molecule has 0 aromatic carbocycles. The van der Waals surface area contributed by atoms with Gasteiger partial charge in [0, 0.05) is 0 Å². The highest BCUT2D eigenvalue weighted by Gasteiger charge is 2.00. The molecule has 0 aliphatic heterocycles. The molecule has 0 N–H and O–H groups in total. The minimum atomic E-state index is -0.892. The summed E-state index contributed by atoms with van der Waals surface area (Å²) in [5.41, 5.74) is 0. The van der Waals surface area contributed by atoms with Gasteiger partial charge in [0.2, 0.25) is 0 Å². The van der Waals surface area contributed by atoms with E-state index < -0.39 is 12.4 Å². The lowest BCUT2D eigenvalue weighted by Gasteiger charge is -1.91. The van der Waals surface area contributed by atoms with Gasteiger partial charge in [0.1, 0.15) is 12.7 Å². The lowest BCUT2D eigenvalue weighted by atomic mass is 10.5. The summed E-state index contributed by atoms with van der Waals surface area (Å²) < 4.78 is 0. The summed E-state index contributed by atoms with van der Waals surface area (Å²) in [6.07, 6.45) is -0.0651. The van der Waals surface area contributed by atoms with Crippen LogP contribution in [0.4, 0.5) is 0 Å². The molecule has 5 heteroatoms. The average molecular weight is 132 g/mol. The van der Waals surface area contributed by atoms with E-state index in [0.29, 0.717) is 6.29 Å². The molecule has 0 bridgehead atoms. The van der Waals surface area contributed by atoms with Gasteiger partial charge in [-0.05, 0) is 0 Å². The fourth-order valence-electron chi connectivity index (χ4n) is 0.175. The predicted octanol–water partition coefficient (Wildman–Crippen LogP) is -0.793. The molecule has 0 aliphatic carbocycles. The zero-order chi connectivity index (χ0) is 7.11. The summed E-state index contributed by atoms with van der Waals surface area (Å²) in [6, 6.07) is 0. The first kappa shape index (κ1) is 7.61. The van der Waals surface area contributed by atoms with Crippen LogP contribution in [0.2, 0.25) is 0 Å². The molecule has 0 rings (SSSR count). The Morgan fingerprint density at radius 2 is 2.11 bits per heavy atom. The van der Waals surface area contributed by atoms with Crippen molar-refractivity contribution < 1.29 is 24.2 Å². The molecule has 0 unspecified atom stereocenters. The lowest BCUT2D eigenvalue weighted by Crippen LogP contribution is -2.04. The molecule has 0 spiro atoms.